The van der Waals surface area contributed by atoms with Crippen molar-refractivity contribution in [3.05, 3.63) is 65.5 Å². The SMILES string of the molecule is CCCNC(=O)C(CC)N(Cc1ccc(F)cc1)C(=O)Cc1ccc(OC)cc1. The van der Waals surface area contributed by atoms with Crippen molar-refractivity contribution in [2.75, 3.05) is 13.7 Å². The molecule has 0 radical (unpaired) electrons. The minimum absolute atomic E-state index is 0.155. The molecule has 0 aromatic heterocycles. The van der Waals surface area contributed by atoms with Crippen LogP contribution in [0.25, 0.3) is 0 Å². The van der Waals surface area contributed by atoms with Gasteiger partial charge in [-0.05, 0) is 48.2 Å². The molecule has 1 atom stereocenters. The summed E-state index contributed by atoms with van der Waals surface area (Å²) in [6.07, 6.45) is 1.48. The Bertz CT molecular complexity index is 791. The van der Waals surface area contributed by atoms with Gasteiger partial charge in [-0.25, -0.2) is 4.39 Å². The molecule has 29 heavy (non-hydrogen) atoms. The van der Waals surface area contributed by atoms with Crippen LogP contribution in [-0.2, 0) is 22.6 Å². The van der Waals surface area contributed by atoms with Crippen LogP contribution in [0.3, 0.4) is 0 Å². The quantitative estimate of drug-likeness (QED) is 0.661. The molecule has 5 nitrogen and oxygen atoms in total. The van der Waals surface area contributed by atoms with Gasteiger partial charge in [-0.1, -0.05) is 38.1 Å². The summed E-state index contributed by atoms with van der Waals surface area (Å²) >= 11 is 0. The zero-order valence-corrected chi connectivity index (χ0v) is 17.3. The Morgan fingerprint density at radius 2 is 1.66 bits per heavy atom. The lowest BCUT2D eigenvalue weighted by Crippen LogP contribution is -2.49. The first-order valence-electron chi connectivity index (χ1n) is 9.93. The predicted molar refractivity (Wildman–Crippen MR) is 111 cm³/mol. The van der Waals surface area contributed by atoms with Crippen LogP contribution in [0.4, 0.5) is 4.39 Å². The maximum atomic E-state index is 13.3. The molecule has 2 amide bonds. The standard InChI is InChI=1S/C23H29FN2O3/c1-4-14-25-23(28)21(5-2)26(16-18-6-10-19(24)11-7-18)22(27)15-17-8-12-20(29-3)13-9-17/h6-13,21H,4-5,14-16H2,1-3H3,(H,25,28). The summed E-state index contributed by atoms with van der Waals surface area (Å²) in [6.45, 7) is 4.67. The molecule has 0 aliphatic rings. The fourth-order valence-electron chi connectivity index (χ4n) is 3.09. The number of carbonyl (C=O) groups excluding carboxylic acids is 2. The van der Waals surface area contributed by atoms with Crippen molar-refractivity contribution in [1.82, 2.24) is 10.2 Å². The molecule has 0 heterocycles. The van der Waals surface area contributed by atoms with Crippen molar-refractivity contribution in [2.24, 2.45) is 0 Å². The number of nitrogens with zero attached hydrogens (tertiary/aromatic N) is 1. The van der Waals surface area contributed by atoms with Crippen molar-refractivity contribution in [3.63, 3.8) is 0 Å². The Hall–Kier alpha value is -2.89. The van der Waals surface area contributed by atoms with Gasteiger partial charge in [-0.3, -0.25) is 9.59 Å². The number of amides is 2. The van der Waals surface area contributed by atoms with Crippen LogP contribution in [0.15, 0.2) is 48.5 Å². The highest BCUT2D eigenvalue weighted by molar-refractivity contribution is 5.88. The summed E-state index contributed by atoms with van der Waals surface area (Å²) in [4.78, 5) is 27.4. The second-order valence-corrected chi connectivity index (χ2v) is 6.89. The molecular weight excluding hydrogens is 371 g/mol. The van der Waals surface area contributed by atoms with Crippen LogP contribution in [0.5, 0.6) is 5.75 Å². The maximum Gasteiger partial charge on any atom is 0.242 e. The minimum Gasteiger partial charge on any atom is -0.497 e. The number of hydrogen-bond acceptors (Lipinski definition) is 3. The molecule has 1 unspecified atom stereocenters. The molecule has 2 aromatic carbocycles. The average molecular weight is 400 g/mol. The third-order valence-corrected chi connectivity index (χ3v) is 4.72. The lowest BCUT2D eigenvalue weighted by Gasteiger charge is -2.30. The van der Waals surface area contributed by atoms with Gasteiger partial charge in [-0.15, -0.1) is 0 Å². The smallest absolute Gasteiger partial charge is 0.242 e. The number of benzene rings is 2. The Morgan fingerprint density at radius 3 is 2.21 bits per heavy atom. The summed E-state index contributed by atoms with van der Waals surface area (Å²) in [7, 11) is 1.59. The van der Waals surface area contributed by atoms with Gasteiger partial charge in [0.15, 0.2) is 0 Å². The second kappa shape index (κ2) is 11.2. The van der Waals surface area contributed by atoms with E-state index in [2.05, 4.69) is 5.32 Å². The molecule has 0 aliphatic heterocycles. The van der Waals surface area contributed by atoms with Crippen LogP contribution in [-0.4, -0.2) is 36.4 Å². The van der Waals surface area contributed by atoms with Gasteiger partial charge in [0.25, 0.3) is 0 Å². The van der Waals surface area contributed by atoms with E-state index in [1.807, 2.05) is 26.0 Å². The molecule has 1 N–H and O–H groups in total. The summed E-state index contributed by atoms with van der Waals surface area (Å²) in [5, 5.41) is 2.88. The van der Waals surface area contributed by atoms with Crippen molar-refractivity contribution in [2.45, 2.75) is 45.7 Å². The van der Waals surface area contributed by atoms with Crippen LogP contribution in [0.2, 0.25) is 0 Å². The molecule has 6 heteroatoms. The maximum absolute atomic E-state index is 13.3. The first-order valence-corrected chi connectivity index (χ1v) is 9.93. The van der Waals surface area contributed by atoms with Crippen LogP contribution in [0.1, 0.15) is 37.8 Å². The van der Waals surface area contributed by atoms with E-state index in [4.69, 9.17) is 4.74 Å². The lowest BCUT2D eigenvalue weighted by molar-refractivity contribution is -0.140. The molecule has 0 fully saturated rings. The number of nitrogens with one attached hydrogen (secondary N) is 1. The number of rotatable bonds is 10. The molecule has 2 aromatic rings. The van der Waals surface area contributed by atoms with E-state index in [1.54, 1.807) is 36.3 Å². The monoisotopic (exact) mass is 400 g/mol. The van der Waals surface area contributed by atoms with E-state index in [-0.39, 0.29) is 30.6 Å². The fraction of sp³-hybridized carbons (Fsp3) is 0.391. The van der Waals surface area contributed by atoms with Crippen molar-refractivity contribution in [1.29, 1.82) is 0 Å². The molecule has 2 rings (SSSR count). The van der Waals surface area contributed by atoms with Crippen LogP contribution >= 0.6 is 0 Å². The topological polar surface area (TPSA) is 58.6 Å². The van der Waals surface area contributed by atoms with E-state index in [0.717, 1.165) is 23.3 Å². The first kappa shape index (κ1) is 22.4. The molecule has 0 aliphatic carbocycles. The summed E-state index contributed by atoms with van der Waals surface area (Å²) < 4.78 is 18.4. The normalized spacial score (nSPS) is 11.6. The number of ether oxygens (including phenoxy) is 1. The van der Waals surface area contributed by atoms with Crippen molar-refractivity contribution >= 4 is 11.8 Å². The Kier molecular flexibility index (Phi) is 8.65. The molecule has 0 spiro atoms. The van der Waals surface area contributed by atoms with E-state index >= 15 is 0 Å². The summed E-state index contributed by atoms with van der Waals surface area (Å²) in [6, 6.07) is 12.7. The highest BCUT2D eigenvalue weighted by Gasteiger charge is 2.28. The van der Waals surface area contributed by atoms with Crippen LogP contribution in [0, 0.1) is 5.82 Å². The molecular formula is C23H29FN2O3. The molecule has 0 saturated heterocycles. The minimum atomic E-state index is -0.586. The van der Waals surface area contributed by atoms with Crippen LogP contribution < -0.4 is 10.1 Å². The summed E-state index contributed by atoms with van der Waals surface area (Å²) in [5.41, 5.74) is 1.61. The zero-order valence-electron chi connectivity index (χ0n) is 17.3. The predicted octanol–water partition coefficient (Wildman–Crippen LogP) is 3.71. The summed E-state index contributed by atoms with van der Waals surface area (Å²) in [5.74, 6) is 0.0601. The van der Waals surface area contributed by atoms with Gasteiger partial charge in [0.05, 0.1) is 13.5 Å². The van der Waals surface area contributed by atoms with E-state index in [0.29, 0.717) is 13.0 Å². The van der Waals surface area contributed by atoms with E-state index in [1.165, 1.54) is 12.1 Å². The van der Waals surface area contributed by atoms with Gasteiger partial charge in [0, 0.05) is 13.1 Å². The van der Waals surface area contributed by atoms with Gasteiger partial charge >= 0.3 is 0 Å². The highest BCUT2D eigenvalue weighted by atomic mass is 19.1. The number of methoxy groups -OCH3 is 1. The van der Waals surface area contributed by atoms with Gasteiger partial charge in [0.2, 0.25) is 11.8 Å². The Labute approximate surface area is 171 Å². The number of halogens is 1. The third-order valence-electron chi connectivity index (χ3n) is 4.72. The van der Waals surface area contributed by atoms with E-state index < -0.39 is 6.04 Å². The average Bonchev–Trinajstić information content (AvgIpc) is 2.74. The molecule has 156 valence electrons. The van der Waals surface area contributed by atoms with Crippen molar-refractivity contribution < 1.29 is 18.7 Å². The first-order chi connectivity index (χ1) is 14.0. The van der Waals surface area contributed by atoms with E-state index in [9.17, 15) is 14.0 Å². The lowest BCUT2D eigenvalue weighted by atomic mass is 10.1. The Balaban J connectivity index is 2.23. The van der Waals surface area contributed by atoms with Gasteiger partial charge in [-0.2, -0.15) is 0 Å². The largest absolute Gasteiger partial charge is 0.497 e. The van der Waals surface area contributed by atoms with Gasteiger partial charge < -0.3 is 15.0 Å². The van der Waals surface area contributed by atoms with Gasteiger partial charge in [0.1, 0.15) is 17.6 Å². The Morgan fingerprint density at radius 1 is 1.03 bits per heavy atom. The highest BCUT2D eigenvalue weighted by Crippen LogP contribution is 2.17. The van der Waals surface area contributed by atoms with Crippen molar-refractivity contribution in [3.8, 4) is 5.75 Å². The third kappa shape index (κ3) is 6.59. The second-order valence-electron chi connectivity index (χ2n) is 6.89. The molecule has 0 bridgehead atoms. The molecule has 0 saturated carbocycles. The fourth-order valence-corrected chi connectivity index (χ4v) is 3.09. The number of carbonyl (C=O) groups is 2. The zero-order chi connectivity index (χ0) is 21.2. The number of hydrogen-bond donors (Lipinski definition) is 1.